The Kier molecular flexibility index (Phi) is 7.62. The van der Waals surface area contributed by atoms with Crippen molar-refractivity contribution in [2.24, 2.45) is 5.73 Å². The summed E-state index contributed by atoms with van der Waals surface area (Å²) in [5, 5.41) is 14.0. The van der Waals surface area contributed by atoms with Crippen molar-refractivity contribution in [1.29, 1.82) is 0 Å². The number of nitrogens with zero attached hydrogens (tertiary/aromatic N) is 1. The molecular weight excluding hydrogens is 478 g/mol. The van der Waals surface area contributed by atoms with Crippen molar-refractivity contribution < 1.29 is 19.4 Å². The second-order valence-corrected chi connectivity index (χ2v) is 10.7. The van der Waals surface area contributed by atoms with E-state index in [9.17, 15) is 14.7 Å². The van der Waals surface area contributed by atoms with E-state index in [1.54, 1.807) is 0 Å². The van der Waals surface area contributed by atoms with E-state index in [0.717, 1.165) is 41.0 Å². The molecule has 3 amide bonds. The van der Waals surface area contributed by atoms with Gasteiger partial charge in [-0.1, -0.05) is 30.7 Å². The maximum Gasteiger partial charge on any atom is 0.318 e. The second kappa shape index (κ2) is 10.5. The number of aryl methyl sites for hydroxylation is 1. The third kappa shape index (κ3) is 5.85. The number of carbonyl (C=O) groups is 2. The van der Waals surface area contributed by atoms with Gasteiger partial charge < -0.3 is 15.6 Å². The zero-order chi connectivity index (χ0) is 26.0. The number of nitrogens with one attached hydrogen (secondary N) is 1. The number of hydrogen-bond donors (Lipinski definition) is 3. The van der Waals surface area contributed by atoms with Crippen LogP contribution in [-0.2, 0) is 11.2 Å². The third-order valence-corrected chi connectivity index (χ3v) is 7.39. The number of primary amides is 1. The maximum atomic E-state index is 12.1. The average molecular weight is 512 g/mol. The van der Waals surface area contributed by atoms with E-state index in [-0.39, 0.29) is 18.2 Å². The van der Waals surface area contributed by atoms with Crippen LogP contribution in [0.2, 0.25) is 5.02 Å². The summed E-state index contributed by atoms with van der Waals surface area (Å²) in [7, 11) is 0. The van der Waals surface area contributed by atoms with Gasteiger partial charge in [-0.3, -0.25) is 15.0 Å². The number of phenols is 1. The van der Waals surface area contributed by atoms with Gasteiger partial charge in [-0.05, 0) is 92.0 Å². The highest BCUT2D eigenvalue weighted by Crippen LogP contribution is 2.49. The minimum absolute atomic E-state index is 0.0554. The Morgan fingerprint density at radius 2 is 1.97 bits per heavy atom. The van der Waals surface area contributed by atoms with Crippen LogP contribution in [0.15, 0.2) is 42.0 Å². The lowest BCUT2D eigenvalue weighted by Gasteiger charge is -2.42. The number of ether oxygens (including phenoxy) is 1. The van der Waals surface area contributed by atoms with Gasteiger partial charge in [0.05, 0.1) is 12.1 Å². The highest BCUT2D eigenvalue weighted by molar-refractivity contribution is 6.30. The molecule has 4 rings (SSSR count). The van der Waals surface area contributed by atoms with Crippen LogP contribution in [-0.4, -0.2) is 47.2 Å². The Bertz CT molecular complexity index is 1190. The minimum atomic E-state index is -0.859. The molecule has 7 nitrogen and oxygen atoms in total. The number of halogens is 1. The Hall–Kier alpha value is -3.03. The molecule has 0 spiro atoms. The van der Waals surface area contributed by atoms with Gasteiger partial charge in [-0.2, -0.15) is 0 Å². The average Bonchev–Trinajstić information content (AvgIpc) is 2.78. The first-order valence-corrected chi connectivity index (χ1v) is 12.8. The molecular formula is C28H34ClN3O4. The molecule has 2 aliphatic rings. The van der Waals surface area contributed by atoms with E-state index in [0.29, 0.717) is 30.8 Å². The first-order valence-electron chi connectivity index (χ1n) is 12.4. The van der Waals surface area contributed by atoms with Gasteiger partial charge in [0.25, 0.3) is 0 Å². The monoisotopic (exact) mass is 511 g/mol. The first kappa shape index (κ1) is 26.0. The Morgan fingerprint density at radius 1 is 1.25 bits per heavy atom. The van der Waals surface area contributed by atoms with Crippen LogP contribution in [0.25, 0.3) is 5.57 Å². The Morgan fingerprint density at radius 3 is 2.67 bits per heavy atom. The number of urea groups is 1. The number of aromatic hydroxyl groups is 1. The van der Waals surface area contributed by atoms with E-state index in [2.05, 4.69) is 24.4 Å². The van der Waals surface area contributed by atoms with Crippen LogP contribution >= 0.6 is 11.6 Å². The number of fused-ring (bicyclic) bond motifs is 2. The zero-order valence-electron chi connectivity index (χ0n) is 21.1. The molecule has 8 heteroatoms. The number of phenolic OH excluding ortho intramolecular Hbond substituents is 1. The fourth-order valence-corrected chi connectivity index (χ4v) is 5.41. The van der Waals surface area contributed by atoms with Gasteiger partial charge in [0, 0.05) is 18.1 Å². The molecule has 4 N–H and O–H groups in total. The van der Waals surface area contributed by atoms with Crippen LogP contribution in [0.1, 0.15) is 62.6 Å². The normalized spacial score (nSPS) is 17.6. The molecule has 0 bridgehead atoms. The lowest BCUT2D eigenvalue weighted by atomic mass is 9.80. The molecule has 192 valence electrons. The number of imide groups is 1. The van der Waals surface area contributed by atoms with Gasteiger partial charge in [0.15, 0.2) is 0 Å². The summed E-state index contributed by atoms with van der Waals surface area (Å²) in [6.45, 7) is 7.43. The highest BCUT2D eigenvalue weighted by atomic mass is 35.5. The predicted molar refractivity (Wildman–Crippen MR) is 141 cm³/mol. The maximum absolute atomic E-state index is 12.1. The van der Waals surface area contributed by atoms with Crippen molar-refractivity contribution in [3.05, 3.63) is 63.7 Å². The van der Waals surface area contributed by atoms with Gasteiger partial charge in [-0.15, -0.1) is 0 Å². The molecule has 2 aromatic rings. The predicted octanol–water partition coefficient (Wildman–Crippen LogP) is 5.00. The summed E-state index contributed by atoms with van der Waals surface area (Å²) in [6.07, 6.45) is 3.66. The summed E-state index contributed by atoms with van der Waals surface area (Å²) in [5.41, 5.74) is 9.66. The zero-order valence-corrected chi connectivity index (χ0v) is 21.8. The summed E-state index contributed by atoms with van der Waals surface area (Å²) in [5.74, 6) is 0.668. The SMILES string of the molecule is CC(CCCc1ccc(Cl)cc1)c1cc(O)c2c(c1)OC(C)(C)C1=C2CN(CC(=O)NC(N)=O)CC1. The summed E-state index contributed by atoms with van der Waals surface area (Å²) in [4.78, 5) is 25.1. The smallest absolute Gasteiger partial charge is 0.318 e. The van der Waals surface area contributed by atoms with E-state index in [4.69, 9.17) is 22.1 Å². The number of nitrogens with two attached hydrogens (primary N) is 1. The van der Waals surface area contributed by atoms with Crippen LogP contribution in [0.5, 0.6) is 11.5 Å². The van der Waals surface area contributed by atoms with Crippen molar-refractivity contribution in [2.75, 3.05) is 19.6 Å². The molecule has 0 aliphatic carbocycles. The molecule has 0 saturated heterocycles. The first-order chi connectivity index (χ1) is 17.0. The quantitative estimate of drug-likeness (QED) is 0.485. The number of hydrogen-bond acceptors (Lipinski definition) is 5. The number of rotatable bonds is 7. The summed E-state index contributed by atoms with van der Waals surface area (Å²) in [6, 6.07) is 11.0. The lowest BCUT2D eigenvalue weighted by molar-refractivity contribution is -0.121. The van der Waals surface area contributed by atoms with E-state index < -0.39 is 17.5 Å². The molecule has 0 aromatic heterocycles. The van der Waals surface area contributed by atoms with Gasteiger partial charge in [-0.25, -0.2) is 4.79 Å². The molecule has 0 fully saturated rings. The van der Waals surface area contributed by atoms with Gasteiger partial charge >= 0.3 is 6.03 Å². The molecule has 2 heterocycles. The van der Waals surface area contributed by atoms with Crippen LogP contribution in [0, 0.1) is 0 Å². The van der Waals surface area contributed by atoms with Gasteiger partial charge in [0.2, 0.25) is 5.91 Å². The van der Waals surface area contributed by atoms with Crippen molar-refractivity contribution >= 4 is 29.1 Å². The molecule has 0 saturated carbocycles. The fraction of sp³-hybridized carbons (Fsp3) is 0.429. The van der Waals surface area contributed by atoms with Crippen molar-refractivity contribution in [3.63, 3.8) is 0 Å². The molecule has 0 radical (unpaired) electrons. The summed E-state index contributed by atoms with van der Waals surface area (Å²) >= 11 is 5.98. The van der Waals surface area contributed by atoms with Crippen molar-refractivity contribution in [2.45, 2.75) is 58.0 Å². The molecule has 36 heavy (non-hydrogen) atoms. The van der Waals surface area contributed by atoms with Crippen molar-refractivity contribution in [3.8, 4) is 11.5 Å². The standard InChI is InChI=1S/C28H34ClN3O4/c1-17(5-4-6-18-7-9-20(29)10-8-18)19-13-23(33)26-21-15-32(16-25(34)31-27(30)35)12-11-22(21)28(2,3)36-24(26)14-19/h7-10,13-14,17,33H,4-6,11-12,15-16H2,1-3H3,(H3,30,31,34,35). The lowest BCUT2D eigenvalue weighted by Crippen LogP contribution is -2.46. The fourth-order valence-electron chi connectivity index (χ4n) is 5.28. The molecule has 2 aliphatic heterocycles. The van der Waals surface area contributed by atoms with Crippen molar-refractivity contribution in [1.82, 2.24) is 10.2 Å². The topological polar surface area (TPSA) is 105 Å². The Labute approximate surface area is 217 Å². The summed E-state index contributed by atoms with van der Waals surface area (Å²) < 4.78 is 6.43. The van der Waals surface area contributed by atoms with Gasteiger partial charge in [0.1, 0.15) is 17.1 Å². The number of benzene rings is 2. The third-order valence-electron chi connectivity index (χ3n) is 7.14. The highest BCUT2D eigenvalue weighted by Gasteiger charge is 2.39. The Balaban J connectivity index is 1.51. The largest absolute Gasteiger partial charge is 0.507 e. The van der Waals surface area contributed by atoms with E-state index >= 15 is 0 Å². The molecule has 2 aromatic carbocycles. The second-order valence-electron chi connectivity index (χ2n) is 10.3. The number of amides is 3. The molecule has 1 unspecified atom stereocenters. The molecule has 1 atom stereocenters. The van der Waals surface area contributed by atoms with Crippen LogP contribution < -0.4 is 15.8 Å². The van der Waals surface area contributed by atoms with Crippen LogP contribution in [0.3, 0.4) is 0 Å². The minimum Gasteiger partial charge on any atom is -0.507 e. The van der Waals surface area contributed by atoms with Crippen LogP contribution in [0.4, 0.5) is 4.79 Å². The van der Waals surface area contributed by atoms with E-state index in [1.807, 2.05) is 43.0 Å². The van der Waals surface area contributed by atoms with E-state index in [1.165, 1.54) is 5.56 Å². The number of carbonyl (C=O) groups excluding carboxylic acids is 2.